The van der Waals surface area contributed by atoms with E-state index in [1.54, 1.807) is 0 Å². The van der Waals surface area contributed by atoms with Gasteiger partial charge in [0.1, 0.15) is 24.1 Å². The molecule has 0 radical (unpaired) electrons. The fraction of sp³-hybridized carbons (Fsp3) is 0.417. The van der Waals surface area contributed by atoms with Crippen molar-refractivity contribution in [3.05, 3.63) is 29.6 Å². The first-order valence-corrected chi connectivity index (χ1v) is 6.10. The Labute approximate surface area is 117 Å². The number of rotatable bonds is 5. The molecule has 0 aliphatic heterocycles. The van der Waals surface area contributed by atoms with Crippen LogP contribution >= 0.6 is 0 Å². The van der Waals surface area contributed by atoms with Gasteiger partial charge in [0.25, 0.3) is 0 Å². The molecule has 4 atom stereocenters. The molecule has 7 N–H and O–H groups in total. The molecule has 1 heterocycles. The third kappa shape index (κ3) is 3.01. The van der Waals surface area contributed by atoms with E-state index in [2.05, 4.69) is 9.97 Å². The molecule has 1 aromatic heterocycles. The number of benzene rings is 1. The van der Waals surface area contributed by atoms with Crippen LogP contribution in [0.1, 0.15) is 11.9 Å². The van der Waals surface area contributed by atoms with Crippen molar-refractivity contribution in [1.82, 2.24) is 9.97 Å². The van der Waals surface area contributed by atoms with Crippen molar-refractivity contribution >= 4 is 11.0 Å². The molecule has 0 spiro atoms. The second-order valence-corrected chi connectivity index (χ2v) is 4.66. The number of imidazole rings is 1. The van der Waals surface area contributed by atoms with Gasteiger partial charge in [0.2, 0.25) is 0 Å². The van der Waals surface area contributed by atoms with Gasteiger partial charge in [-0.2, -0.15) is 0 Å². The Kier molecular flexibility index (Phi) is 4.49. The van der Waals surface area contributed by atoms with Gasteiger partial charge in [0.15, 0.2) is 11.6 Å². The van der Waals surface area contributed by atoms with Gasteiger partial charge in [-0.1, -0.05) is 0 Å². The summed E-state index contributed by atoms with van der Waals surface area (Å²) in [4.78, 5) is 6.50. The lowest BCUT2D eigenvalue weighted by atomic mass is 10.0. The van der Waals surface area contributed by atoms with E-state index in [1.807, 2.05) is 0 Å². The number of fused-ring (bicyclic) bond motifs is 1. The molecule has 0 amide bonds. The summed E-state index contributed by atoms with van der Waals surface area (Å²) >= 11 is 0. The number of nitrogens with zero attached hydrogens (tertiary/aromatic N) is 1. The summed E-state index contributed by atoms with van der Waals surface area (Å²) in [7, 11) is 0. The smallest absolute Gasteiger partial charge is 0.161 e. The van der Waals surface area contributed by atoms with E-state index in [4.69, 9.17) is 10.8 Å². The fourth-order valence-electron chi connectivity index (χ4n) is 1.89. The Balaban J connectivity index is 2.28. The average molecular weight is 303 g/mol. The zero-order valence-electron chi connectivity index (χ0n) is 10.7. The highest BCUT2D eigenvalue weighted by atomic mass is 19.2. The lowest BCUT2D eigenvalue weighted by Crippen LogP contribution is -2.45. The molecule has 0 aliphatic carbocycles. The van der Waals surface area contributed by atoms with Crippen LogP contribution in [0.5, 0.6) is 0 Å². The summed E-state index contributed by atoms with van der Waals surface area (Å²) in [5.74, 6) is -2.17. The molecule has 0 fully saturated rings. The van der Waals surface area contributed by atoms with Gasteiger partial charge in [-0.3, -0.25) is 0 Å². The molecule has 0 saturated heterocycles. The zero-order valence-corrected chi connectivity index (χ0v) is 10.7. The summed E-state index contributed by atoms with van der Waals surface area (Å²) in [5.41, 5.74) is 5.96. The second kappa shape index (κ2) is 6.00. The topological polar surface area (TPSA) is 136 Å². The van der Waals surface area contributed by atoms with E-state index >= 15 is 0 Å². The van der Waals surface area contributed by atoms with Crippen LogP contribution in [-0.4, -0.2) is 55.3 Å². The minimum absolute atomic E-state index is 0.0216. The van der Waals surface area contributed by atoms with Crippen molar-refractivity contribution in [2.75, 3.05) is 6.61 Å². The van der Waals surface area contributed by atoms with Crippen LogP contribution < -0.4 is 5.73 Å². The van der Waals surface area contributed by atoms with Crippen molar-refractivity contribution in [3.63, 3.8) is 0 Å². The van der Waals surface area contributed by atoms with Gasteiger partial charge in [-0.05, 0) is 0 Å². The molecule has 2 rings (SSSR count). The van der Waals surface area contributed by atoms with Gasteiger partial charge in [0, 0.05) is 12.1 Å². The number of aromatic amines is 1. The predicted octanol–water partition coefficient (Wildman–Crippen LogP) is -1.08. The predicted molar refractivity (Wildman–Crippen MR) is 68.0 cm³/mol. The number of halogens is 2. The summed E-state index contributed by atoms with van der Waals surface area (Å²) in [5, 5.41) is 37.4. The maximum atomic E-state index is 13.1. The molecule has 2 aromatic rings. The average Bonchev–Trinajstić information content (AvgIpc) is 2.87. The first-order chi connectivity index (χ1) is 9.85. The Bertz CT molecular complexity index is 597. The maximum Gasteiger partial charge on any atom is 0.161 e. The van der Waals surface area contributed by atoms with Crippen LogP contribution in [0.2, 0.25) is 0 Å². The molecule has 0 aliphatic rings. The third-order valence-corrected chi connectivity index (χ3v) is 3.16. The van der Waals surface area contributed by atoms with Crippen LogP contribution in [0.15, 0.2) is 12.1 Å². The van der Waals surface area contributed by atoms with Crippen molar-refractivity contribution < 1.29 is 29.2 Å². The SMILES string of the molecule is N[C@@H](c1nc2cc(F)c(F)cc2[nH]1)[C@@H](O)[C@H](O)[C@H](O)CO. The van der Waals surface area contributed by atoms with Gasteiger partial charge in [-0.25, -0.2) is 13.8 Å². The Morgan fingerprint density at radius 2 is 1.76 bits per heavy atom. The monoisotopic (exact) mass is 303 g/mol. The standard InChI is InChI=1S/C12H15F2N3O4/c13-4-1-6-7(2-5(4)14)17-12(16-6)9(15)11(21)10(20)8(19)3-18/h1-2,8-11,18-21H,3,15H2,(H,16,17)/t8-,9-,10-,11-/m1/s1. The summed E-state index contributed by atoms with van der Waals surface area (Å²) in [6.45, 7) is -0.762. The van der Waals surface area contributed by atoms with Gasteiger partial charge >= 0.3 is 0 Å². The lowest BCUT2D eigenvalue weighted by molar-refractivity contribution is -0.0844. The van der Waals surface area contributed by atoms with Crippen LogP contribution in [0.3, 0.4) is 0 Å². The van der Waals surface area contributed by atoms with Crippen molar-refractivity contribution in [1.29, 1.82) is 0 Å². The quantitative estimate of drug-likeness (QED) is 0.416. The van der Waals surface area contributed by atoms with Gasteiger partial charge < -0.3 is 31.1 Å². The highest BCUT2D eigenvalue weighted by Gasteiger charge is 2.31. The fourth-order valence-corrected chi connectivity index (χ4v) is 1.89. The van der Waals surface area contributed by atoms with Crippen LogP contribution in [-0.2, 0) is 0 Å². The molecule has 1 aromatic carbocycles. The third-order valence-electron chi connectivity index (χ3n) is 3.16. The number of aliphatic hydroxyl groups is 4. The van der Waals surface area contributed by atoms with Gasteiger partial charge in [0.05, 0.1) is 23.7 Å². The van der Waals surface area contributed by atoms with Crippen LogP contribution in [0.4, 0.5) is 8.78 Å². The van der Waals surface area contributed by atoms with Crippen molar-refractivity contribution in [2.45, 2.75) is 24.4 Å². The molecular formula is C12H15F2N3O4. The van der Waals surface area contributed by atoms with Crippen LogP contribution in [0.25, 0.3) is 11.0 Å². The second-order valence-electron chi connectivity index (χ2n) is 4.66. The normalized spacial score (nSPS) is 17.7. The molecule has 9 heteroatoms. The minimum atomic E-state index is -1.70. The Morgan fingerprint density at radius 3 is 2.38 bits per heavy atom. The van der Waals surface area contributed by atoms with E-state index in [0.29, 0.717) is 0 Å². The number of H-pyrrole nitrogens is 1. The minimum Gasteiger partial charge on any atom is -0.394 e. The summed E-state index contributed by atoms with van der Waals surface area (Å²) in [6, 6.07) is 0.502. The van der Waals surface area contributed by atoms with Crippen LogP contribution in [0, 0.1) is 11.6 Å². The van der Waals surface area contributed by atoms with E-state index < -0.39 is 42.6 Å². The zero-order chi connectivity index (χ0) is 15.7. The number of hydrogen-bond donors (Lipinski definition) is 6. The summed E-state index contributed by atoms with van der Waals surface area (Å²) in [6.07, 6.45) is -4.92. The Morgan fingerprint density at radius 1 is 1.14 bits per heavy atom. The molecular weight excluding hydrogens is 288 g/mol. The van der Waals surface area contributed by atoms with E-state index in [-0.39, 0.29) is 16.9 Å². The maximum absolute atomic E-state index is 13.1. The number of aliphatic hydroxyl groups excluding tert-OH is 4. The molecule has 7 nitrogen and oxygen atoms in total. The number of nitrogens with two attached hydrogens (primary N) is 1. The highest BCUT2D eigenvalue weighted by Crippen LogP contribution is 2.21. The molecule has 0 saturated carbocycles. The first kappa shape index (κ1) is 15.7. The van der Waals surface area contributed by atoms with Crippen molar-refractivity contribution in [2.24, 2.45) is 5.73 Å². The number of nitrogens with one attached hydrogen (secondary N) is 1. The molecule has 0 unspecified atom stereocenters. The lowest BCUT2D eigenvalue weighted by Gasteiger charge is -2.25. The van der Waals surface area contributed by atoms with Crippen molar-refractivity contribution in [3.8, 4) is 0 Å². The largest absolute Gasteiger partial charge is 0.394 e. The Hall–Kier alpha value is -1.65. The van der Waals surface area contributed by atoms with E-state index in [1.165, 1.54) is 0 Å². The van der Waals surface area contributed by atoms with E-state index in [9.17, 15) is 24.1 Å². The van der Waals surface area contributed by atoms with Gasteiger partial charge in [-0.15, -0.1) is 0 Å². The number of hydrogen-bond acceptors (Lipinski definition) is 6. The van der Waals surface area contributed by atoms with E-state index in [0.717, 1.165) is 12.1 Å². The molecule has 116 valence electrons. The molecule has 21 heavy (non-hydrogen) atoms. The molecule has 0 bridgehead atoms. The number of aromatic nitrogens is 2. The highest BCUT2D eigenvalue weighted by molar-refractivity contribution is 5.75. The first-order valence-electron chi connectivity index (χ1n) is 6.10. The summed E-state index contributed by atoms with van der Waals surface area (Å²) < 4.78 is 26.2.